The Bertz CT molecular complexity index is 1100. The van der Waals surface area contributed by atoms with Crippen LogP contribution in [0.2, 0.25) is 0 Å². The smallest absolute Gasteiger partial charge is 0.234 e. The van der Waals surface area contributed by atoms with Crippen molar-refractivity contribution in [2.75, 3.05) is 23.5 Å². The van der Waals surface area contributed by atoms with Gasteiger partial charge in [0.25, 0.3) is 0 Å². The highest BCUT2D eigenvalue weighted by Crippen LogP contribution is 2.20. The zero-order chi connectivity index (χ0) is 22.4. The molecule has 3 rings (SSSR count). The van der Waals surface area contributed by atoms with Gasteiger partial charge in [-0.25, -0.2) is 0 Å². The van der Waals surface area contributed by atoms with E-state index in [4.69, 9.17) is 4.74 Å². The van der Waals surface area contributed by atoms with E-state index < -0.39 is 0 Å². The number of anilines is 2. The molecule has 0 spiro atoms. The molecule has 8 nitrogen and oxygen atoms in total. The van der Waals surface area contributed by atoms with Gasteiger partial charge in [0.1, 0.15) is 11.6 Å². The lowest BCUT2D eigenvalue weighted by atomic mass is 10.1. The topological polar surface area (TPSA) is 98.1 Å². The highest BCUT2D eigenvalue weighted by Gasteiger charge is 2.15. The van der Waals surface area contributed by atoms with E-state index in [-0.39, 0.29) is 24.0 Å². The van der Waals surface area contributed by atoms with Crippen molar-refractivity contribution in [2.24, 2.45) is 7.05 Å². The van der Waals surface area contributed by atoms with E-state index in [1.165, 1.54) is 11.8 Å². The highest BCUT2D eigenvalue weighted by atomic mass is 32.2. The van der Waals surface area contributed by atoms with Gasteiger partial charge in [-0.05, 0) is 43.2 Å². The van der Waals surface area contributed by atoms with Gasteiger partial charge in [0.05, 0.1) is 19.3 Å². The van der Waals surface area contributed by atoms with Gasteiger partial charge in [0.2, 0.25) is 11.8 Å². The van der Waals surface area contributed by atoms with Gasteiger partial charge in [-0.3, -0.25) is 9.59 Å². The lowest BCUT2D eigenvalue weighted by Gasteiger charge is -2.09. The molecule has 0 bridgehead atoms. The summed E-state index contributed by atoms with van der Waals surface area (Å²) in [7, 11) is 3.35. The minimum Gasteiger partial charge on any atom is -0.497 e. The van der Waals surface area contributed by atoms with Gasteiger partial charge < -0.3 is 19.9 Å². The van der Waals surface area contributed by atoms with Crippen molar-refractivity contribution in [3.63, 3.8) is 0 Å². The molecular weight excluding hydrogens is 414 g/mol. The molecule has 2 aromatic carbocycles. The predicted octanol–water partition coefficient (Wildman–Crippen LogP) is 3.35. The predicted molar refractivity (Wildman–Crippen MR) is 122 cm³/mol. The molecule has 31 heavy (non-hydrogen) atoms. The standard InChI is InChI=1S/C22H25N5O3S/c1-14-8-9-15(2)18(10-14)24-21(29)13-31-22-26-25-19(27(22)3)12-20(28)23-16-6-5-7-17(11-16)30-4/h5-11H,12-13H2,1-4H3,(H,23,28)(H,24,29). The third kappa shape index (κ3) is 6.08. The number of nitrogens with zero attached hydrogens (tertiary/aromatic N) is 3. The fourth-order valence-electron chi connectivity index (χ4n) is 2.86. The van der Waals surface area contributed by atoms with E-state index in [0.717, 1.165) is 16.8 Å². The maximum atomic E-state index is 12.4. The molecule has 0 saturated carbocycles. The van der Waals surface area contributed by atoms with E-state index >= 15 is 0 Å². The Morgan fingerprint density at radius 2 is 1.87 bits per heavy atom. The monoisotopic (exact) mass is 439 g/mol. The average Bonchev–Trinajstić information content (AvgIpc) is 3.08. The number of rotatable bonds is 8. The highest BCUT2D eigenvalue weighted by molar-refractivity contribution is 7.99. The molecule has 0 saturated heterocycles. The zero-order valence-corrected chi connectivity index (χ0v) is 18.7. The van der Waals surface area contributed by atoms with Crippen LogP contribution >= 0.6 is 11.8 Å². The van der Waals surface area contributed by atoms with Crippen LogP contribution in [0.1, 0.15) is 17.0 Å². The van der Waals surface area contributed by atoms with Crippen LogP contribution in [0.5, 0.6) is 5.75 Å². The van der Waals surface area contributed by atoms with Crippen molar-refractivity contribution >= 4 is 35.0 Å². The number of carbonyl (C=O) groups excluding carboxylic acids is 2. The molecular formula is C22H25N5O3S. The van der Waals surface area contributed by atoms with Crippen molar-refractivity contribution in [1.29, 1.82) is 0 Å². The van der Waals surface area contributed by atoms with E-state index in [2.05, 4.69) is 20.8 Å². The van der Waals surface area contributed by atoms with Crippen LogP contribution in [-0.4, -0.2) is 39.4 Å². The molecule has 0 aliphatic carbocycles. The molecule has 0 atom stereocenters. The van der Waals surface area contributed by atoms with Crippen LogP contribution in [0.4, 0.5) is 11.4 Å². The minimum atomic E-state index is -0.215. The molecule has 1 heterocycles. The number of amides is 2. The van der Waals surface area contributed by atoms with Gasteiger partial charge in [-0.15, -0.1) is 10.2 Å². The van der Waals surface area contributed by atoms with Crippen molar-refractivity contribution in [1.82, 2.24) is 14.8 Å². The summed E-state index contributed by atoms with van der Waals surface area (Å²) < 4.78 is 6.88. The SMILES string of the molecule is COc1cccc(NC(=O)Cc2nnc(SCC(=O)Nc3cc(C)ccc3C)n2C)c1. The summed E-state index contributed by atoms with van der Waals surface area (Å²) in [6.45, 7) is 3.93. The molecule has 2 N–H and O–H groups in total. The number of nitrogens with one attached hydrogen (secondary N) is 2. The van der Waals surface area contributed by atoms with Crippen LogP contribution in [0.15, 0.2) is 47.6 Å². The van der Waals surface area contributed by atoms with Crippen LogP contribution in [0.3, 0.4) is 0 Å². The van der Waals surface area contributed by atoms with Crippen LogP contribution in [-0.2, 0) is 23.1 Å². The number of hydrogen-bond acceptors (Lipinski definition) is 6. The third-order valence-electron chi connectivity index (χ3n) is 4.60. The van der Waals surface area contributed by atoms with E-state index in [0.29, 0.717) is 22.4 Å². The van der Waals surface area contributed by atoms with Crippen LogP contribution in [0, 0.1) is 13.8 Å². The summed E-state index contributed by atoms with van der Waals surface area (Å²) in [5.41, 5.74) is 3.54. The first-order chi connectivity index (χ1) is 14.9. The molecule has 0 aliphatic heterocycles. The second-order valence-corrected chi connectivity index (χ2v) is 8.01. The number of thioether (sulfide) groups is 1. The lowest BCUT2D eigenvalue weighted by Crippen LogP contribution is -2.17. The van der Waals surface area contributed by atoms with Gasteiger partial charge >= 0.3 is 0 Å². The van der Waals surface area contributed by atoms with E-state index in [9.17, 15) is 9.59 Å². The number of hydrogen-bond donors (Lipinski definition) is 2. The number of aryl methyl sites for hydroxylation is 2. The number of aromatic nitrogens is 3. The first-order valence-electron chi connectivity index (χ1n) is 9.68. The van der Waals surface area contributed by atoms with Crippen molar-refractivity contribution in [3.05, 3.63) is 59.4 Å². The molecule has 1 aromatic heterocycles. The van der Waals surface area contributed by atoms with Crippen LogP contribution < -0.4 is 15.4 Å². The molecule has 0 fully saturated rings. The fraction of sp³-hybridized carbons (Fsp3) is 0.273. The Morgan fingerprint density at radius 3 is 2.65 bits per heavy atom. The number of benzene rings is 2. The summed E-state index contributed by atoms with van der Waals surface area (Å²) in [4.78, 5) is 24.7. The van der Waals surface area contributed by atoms with Gasteiger partial charge in [-0.2, -0.15) is 0 Å². The van der Waals surface area contributed by atoms with E-state index in [1.807, 2.05) is 32.0 Å². The fourth-order valence-corrected chi connectivity index (χ4v) is 3.59. The zero-order valence-electron chi connectivity index (χ0n) is 17.9. The second-order valence-electron chi connectivity index (χ2n) is 7.07. The van der Waals surface area contributed by atoms with Gasteiger partial charge in [0.15, 0.2) is 5.16 Å². The average molecular weight is 440 g/mol. The molecule has 2 amide bonds. The number of carbonyl (C=O) groups is 2. The Balaban J connectivity index is 1.55. The Labute approximate surface area is 185 Å². The minimum absolute atomic E-state index is 0.0654. The van der Waals surface area contributed by atoms with E-state index in [1.54, 1.807) is 43.0 Å². The largest absolute Gasteiger partial charge is 0.497 e. The van der Waals surface area contributed by atoms with Crippen molar-refractivity contribution < 1.29 is 14.3 Å². The quantitative estimate of drug-likeness (QED) is 0.523. The maximum Gasteiger partial charge on any atom is 0.234 e. The third-order valence-corrected chi connectivity index (χ3v) is 5.62. The first kappa shape index (κ1) is 22.4. The Morgan fingerprint density at radius 1 is 1.06 bits per heavy atom. The van der Waals surface area contributed by atoms with Crippen molar-refractivity contribution in [2.45, 2.75) is 25.4 Å². The van der Waals surface area contributed by atoms with Gasteiger partial charge in [0, 0.05) is 24.5 Å². The Hall–Kier alpha value is -3.33. The number of ether oxygens (including phenoxy) is 1. The molecule has 0 aliphatic rings. The maximum absolute atomic E-state index is 12.4. The van der Waals surface area contributed by atoms with Crippen LogP contribution in [0.25, 0.3) is 0 Å². The summed E-state index contributed by atoms with van der Waals surface area (Å²) >= 11 is 1.27. The first-order valence-corrected chi connectivity index (χ1v) is 10.7. The molecule has 3 aromatic rings. The molecule has 0 unspecified atom stereocenters. The summed E-state index contributed by atoms with van der Waals surface area (Å²) in [6.07, 6.45) is 0.0654. The Kier molecular flexibility index (Phi) is 7.30. The normalized spacial score (nSPS) is 10.6. The summed E-state index contributed by atoms with van der Waals surface area (Å²) in [6, 6.07) is 13.1. The summed E-state index contributed by atoms with van der Waals surface area (Å²) in [5.74, 6) is 1.02. The summed E-state index contributed by atoms with van der Waals surface area (Å²) in [5, 5.41) is 14.5. The molecule has 0 radical (unpaired) electrons. The second kappa shape index (κ2) is 10.1. The number of methoxy groups -OCH3 is 1. The molecule has 9 heteroatoms. The lowest BCUT2D eigenvalue weighted by molar-refractivity contribution is -0.116. The molecule has 162 valence electrons. The van der Waals surface area contributed by atoms with Gasteiger partial charge in [-0.1, -0.05) is 30.0 Å². The van der Waals surface area contributed by atoms with Crippen molar-refractivity contribution in [3.8, 4) is 5.75 Å².